The van der Waals surface area contributed by atoms with Gasteiger partial charge in [-0.05, 0) is 44.4 Å². The number of nitrogens with zero attached hydrogens (tertiary/aromatic N) is 2. The number of nitrogens with one attached hydrogen (secondary N) is 1. The quantitative estimate of drug-likeness (QED) is 0.246. The first-order chi connectivity index (χ1) is 16.5. The summed E-state index contributed by atoms with van der Waals surface area (Å²) < 4.78 is 11.4. The lowest BCUT2D eigenvalue weighted by Gasteiger charge is -2.28. The molecule has 0 saturated carbocycles. The molecule has 0 aliphatic carbocycles. The fourth-order valence-electron chi connectivity index (χ4n) is 3.77. The molecule has 1 aromatic heterocycles. The lowest BCUT2D eigenvalue weighted by molar-refractivity contribution is -0.121. The minimum Gasteiger partial charge on any atom is -0.391 e. The van der Waals surface area contributed by atoms with Crippen LogP contribution in [0.4, 0.5) is 0 Å². The molecular weight excluding hydrogens is 460 g/mol. The van der Waals surface area contributed by atoms with Crippen molar-refractivity contribution in [3.05, 3.63) is 39.4 Å². The highest BCUT2D eigenvalue weighted by Crippen LogP contribution is 2.20. The number of hydrogen-bond donors (Lipinski definition) is 3. The molecule has 0 unspecified atom stereocenters. The normalized spacial score (nSPS) is 18.0. The minimum absolute atomic E-state index is 0.103. The summed E-state index contributed by atoms with van der Waals surface area (Å²) in [6, 6.07) is 2.96. The second-order valence-electron chi connectivity index (χ2n) is 8.20. The smallest absolute Gasteiger partial charge is 0.261 e. The van der Waals surface area contributed by atoms with Gasteiger partial charge in [0, 0.05) is 31.1 Å². The number of piperidine rings is 1. The zero-order chi connectivity index (χ0) is 24.3. The first kappa shape index (κ1) is 26.3. The first-order valence-corrected chi connectivity index (χ1v) is 11.8. The summed E-state index contributed by atoms with van der Waals surface area (Å²) in [4.78, 5) is 29.7. The van der Waals surface area contributed by atoms with Crippen LogP contribution in [0.15, 0.2) is 23.3 Å². The Morgan fingerprint density at radius 2 is 2.21 bits per heavy atom. The Labute approximate surface area is 203 Å². The highest BCUT2D eigenvalue weighted by molar-refractivity contribution is 6.32. The van der Waals surface area contributed by atoms with E-state index in [0.29, 0.717) is 40.9 Å². The summed E-state index contributed by atoms with van der Waals surface area (Å²) >= 11 is 6.36. The lowest BCUT2D eigenvalue weighted by Crippen LogP contribution is -2.46. The Morgan fingerprint density at radius 1 is 1.35 bits per heavy atom. The molecule has 3 rings (SSSR count). The number of hydrogen-bond acceptors (Lipinski definition) is 8. The molecule has 0 spiro atoms. The first-order valence-electron chi connectivity index (χ1n) is 11.5. The summed E-state index contributed by atoms with van der Waals surface area (Å²) in [7, 11) is 0. The van der Waals surface area contributed by atoms with Crippen molar-refractivity contribution in [3.8, 4) is 11.8 Å². The third-order valence-electron chi connectivity index (χ3n) is 5.60. The van der Waals surface area contributed by atoms with Gasteiger partial charge in [-0.3, -0.25) is 14.2 Å². The molecule has 1 aliphatic rings. The van der Waals surface area contributed by atoms with Gasteiger partial charge in [0.1, 0.15) is 6.79 Å². The lowest BCUT2D eigenvalue weighted by atomic mass is 9.97. The Balaban J connectivity index is 1.59. The van der Waals surface area contributed by atoms with Crippen LogP contribution in [0, 0.1) is 11.8 Å². The highest BCUT2D eigenvalue weighted by atomic mass is 35.5. The van der Waals surface area contributed by atoms with Crippen molar-refractivity contribution in [1.82, 2.24) is 14.9 Å². The van der Waals surface area contributed by atoms with Crippen LogP contribution in [0.25, 0.3) is 10.9 Å². The number of aliphatic hydroxyl groups is 1. The van der Waals surface area contributed by atoms with E-state index >= 15 is 0 Å². The number of halogens is 1. The van der Waals surface area contributed by atoms with E-state index in [2.05, 4.69) is 22.1 Å². The standard InChI is InChI=1S/C24H31ClN4O5/c25-20-12-19-21(10-17(20)6-3-1-2-4-9-33-16-34-14-26)28-15-29(24(19)32)13-18(30)11-22-23(31)7-5-8-27-22/h10,12,15,22-23,27,31H,1-2,4-5,7-9,11,13-14,16,26H2/t22-,23+/m0/s1. The van der Waals surface area contributed by atoms with E-state index in [0.717, 1.165) is 25.8 Å². The maximum absolute atomic E-state index is 12.9. The van der Waals surface area contributed by atoms with E-state index in [-0.39, 0.29) is 43.9 Å². The number of carbonyl (C=O) groups is 1. The van der Waals surface area contributed by atoms with Gasteiger partial charge in [0.05, 0.1) is 41.6 Å². The van der Waals surface area contributed by atoms with Gasteiger partial charge in [-0.2, -0.15) is 0 Å². The molecule has 2 atom stereocenters. The maximum atomic E-state index is 12.9. The Morgan fingerprint density at radius 3 is 3.00 bits per heavy atom. The topological polar surface area (TPSA) is 129 Å². The van der Waals surface area contributed by atoms with E-state index in [1.54, 1.807) is 12.1 Å². The molecule has 184 valence electrons. The zero-order valence-electron chi connectivity index (χ0n) is 19.1. The van der Waals surface area contributed by atoms with Gasteiger partial charge in [0.2, 0.25) is 0 Å². The highest BCUT2D eigenvalue weighted by Gasteiger charge is 2.25. The van der Waals surface area contributed by atoms with Crippen LogP contribution in [-0.2, 0) is 20.8 Å². The van der Waals surface area contributed by atoms with Gasteiger partial charge in [-0.25, -0.2) is 4.98 Å². The summed E-state index contributed by atoms with van der Waals surface area (Å²) in [6.45, 7) is 1.58. The van der Waals surface area contributed by atoms with Gasteiger partial charge in [-0.15, -0.1) is 0 Å². The van der Waals surface area contributed by atoms with Crippen molar-refractivity contribution in [2.24, 2.45) is 5.73 Å². The third kappa shape index (κ3) is 7.60. The van der Waals surface area contributed by atoms with Crippen LogP contribution in [0.1, 0.15) is 44.1 Å². The minimum atomic E-state index is -0.549. The molecule has 0 radical (unpaired) electrons. The molecule has 1 saturated heterocycles. The van der Waals surface area contributed by atoms with Gasteiger partial charge in [0.25, 0.3) is 5.56 Å². The molecule has 0 bridgehead atoms. The Kier molecular flexibility index (Phi) is 10.5. The molecule has 34 heavy (non-hydrogen) atoms. The van der Waals surface area contributed by atoms with E-state index in [1.165, 1.54) is 10.9 Å². The second-order valence-corrected chi connectivity index (χ2v) is 8.60. The monoisotopic (exact) mass is 490 g/mol. The van der Waals surface area contributed by atoms with Crippen molar-refractivity contribution in [1.29, 1.82) is 0 Å². The number of benzene rings is 1. The Hall–Kier alpha value is -2.32. The molecule has 2 aromatic rings. The second kappa shape index (κ2) is 13.5. The van der Waals surface area contributed by atoms with Crippen molar-refractivity contribution in [2.45, 2.75) is 57.2 Å². The number of unbranched alkanes of at least 4 members (excludes halogenated alkanes) is 2. The Bertz CT molecular complexity index is 1090. The molecule has 2 heterocycles. The van der Waals surface area contributed by atoms with Crippen molar-refractivity contribution in [2.75, 3.05) is 26.7 Å². The van der Waals surface area contributed by atoms with E-state index in [1.807, 2.05) is 0 Å². The molecule has 1 aromatic carbocycles. The van der Waals surface area contributed by atoms with Crippen molar-refractivity contribution in [3.63, 3.8) is 0 Å². The van der Waals surface area contributed by atoms with Crippen molar-refractivity contribution >= 4 is 28.3 Å². The molecule has 0 amide bonds. The van der Waals surface area contributed by atoms with E-state index in [9.17, 15) is 14.7 Å². The number of ketones is 1. The van der Waals surface area contributed by atoms with Gasteiger partial charge in [0.15, 0.2) is 5.78 Å². The van der Waals surface area contributed by atoms with Gasteiger partial charge >= 0.3 is 0 Å². The van der Waals surface area contributed by atoms with Crippen LogP contribution in [0.3, 0.4) is 0 Å². The van der Waals surface area contributed by atoms with E-state index in [4.69, 9.17) is 26.8 Å². The van der Waals surface area contributed by atoms with E-state index < -0.39 is 6.10 Å². The number of rotatable bonds is 11. The number of Topliss-reactive ketones (excluding diaryl/α,β-unsaturated/α-hetero) is 1. The maximum Gasteiger partial charge on any atom is 0.261 e. The number of aliphatic hydroxyl groups excluding tert-OH is 1. The summed E-state index contributed by atoms with van der Waals surface area (Å²) in [5.74, 6) is 5.97. The average Bonchev–Trinajstić information content (AvgIpc) is 2.82. The molecule has 10 heteroatoms. The predicted molar refractivity (Wildman–Crippen MR) is 129 cm³/mol. The molecule has 9 nitrogen and oxygen atoms in total. The summed E-state index contributed by atoms with van der Waals surface area (Å²) in [5, 5.41) is 13.9. The SMILES string of the molecule is NCOCOCCCCC#Cc1cc2ncn(CC(=O)C[C@@H]3NCCC[C@H]3O)c(=O)c2cc1Cl. The molecule has 1 aliphatic heterocycles. The molecular formula is C24H31ClN4O5. The fraction of sp³-hybridized carbons (Fsp3) is 0.542. The number of ether oxygens (including phenoxy) is 2. The average molecular weight is 491 g/mol. The zero-order valence-corrected chi connectivity index (χ0v) is 19.9. The number of aromatic nitrogens is 2. The van der Waals surface area contributed by atoms with Crippen LogP contribution in [0.2, 0.25) is 5.02 Å². The number of fused-ring (bicyclic) bond motifs is 1. The fourth-order valence-corrected chi connectivity index (χ4v) is 3.98. The summed E-state index contributed by atoms with van der Waals surface area (Å²) in [6.07, 6.45) is 4.93. The number of carbonyl (C=O) groups excluding carboxylic acids is 1. The van der Waals surface area contributed by atoms with Gasteiger partial charge in [-0.1, -0.05) is 23.4 Å². The summed E-state index contributed by atoms with van der Waals surface area (Å²) in [5.41, 5.74) is 5.94. The van der Waals surface area contributed by atoms with Crippen LogP contribution in [0.5, 0.6) is 0 Å². The predicted octanol–water partition coefficient (Wildman–Crippen LogP) is 1.55. The largest absolute Gasteiger partial charge is 0.391 e. The van der Waals surface area contributed by atoms with Crippen LogP contribution < -0.4 is 16.6 Å². The van der Waals surface area contributed by atoms with Gasteiger partial charge < -0.3 is 25.6 Å². The van der Waals surface area contributed by atoms with Crippen molar-refractivity contribution < 1.29 is 19.4 Å². The van der Waals surface area contributed by atoms with Crippen LogP contribution >= 0.6 is 11.6 Å². The molecule has 4 N–H and O–H groups in total. The third-order valence-corrected chi connectivity index (χ3v) is 5.92. The molecule has 1 fully saturated rings. The number of nitrogens with two attached hydrogens (primary N) is 1. The van der Waals surface area contributed by atoms with Crippen LogP contribution in [-0.4, -0.2) is 59.3 Å².